The Morgan fingerprint density at radius 1 is 0.833 bits per heavy atom. The van der Waals surface area contributed by atoms with Gasteiger partial charge in [-0.2, -0.15) is 5.10 Å². The molecule has 2 fully saturated rings. The van der Waals surface area contributed by atoms with Crippen LogP contribution in [-0.2, 0) is 40.0 Å². The van der Waals surface area contributed by atoms with Gasteiger partial charge >= 0.3 is 7.82 Å². The molecule has 2 unspecified atom stereocenters. The van der Waals surface area contributed by atoms with Crippen LogP contribution in [0.15, 0.2) is 73.1 Å². The Morgan fingerprint density at radius 3 is 2.03 bits per heavy atom. The predicted molar refractivity (Wildman–Crippen MR) is 232 cm³/mol. The van der Waals surface area contributed by atoms with Crippen molar-refractivity contribution in [1.82, 2.24) is 14.6 Å². The van der Waals surface area contributed by atoms with Crippen LogP contribution in [0.1, 0.15) is 128 Å². The maximum atomic E-state index is 13.3. The van der Waals surface area contributed by atoms with Crippen LogP contribution in [0.25, 0.3) is 16.6 Å². The van der Waals surface area contributed by atoms with E-state index in [2.05, 4.69) is 29.1 Å². The Balaban J connectivity index is 0.928. The topological polar surface area (TPSA) is 180 Å². The van der Waals surface area contributed by atoms with Crippen LogP contribution in [0.3, 0.4) is 0 Å². The Morgan fingerprint density at radius 2 is 1.43 bits per heavy atom. The number of aliphatic hydroxyl groups excluding tert-OH is 1. The Bertz CT molecular complexity index is 1930. The monoisotopic (exact) mass is 850 g/mol. The highest BCUT2D eigenvalue weighted by Crippen LogP contribution is 2.63. The summed E-state index contributed by atoms with van der Waals surface area (Å²) in [4.78, 5) is 14.8. The number of nitrogen functional groups attached to an aromatic ring is 1. The van der Waals surface area contributed by atoms with E-state index in [1.165, 1.54) is 101 Å². The number of nitrogens with zero attached hydrogens (tertiary/aromatic N) is 3. The van der Waals surface area contributed by atoms with Gasteiger partial charge in [0.05, 0.1) is 25.5 Å². The zero-order valence-corrected chi connectivity index (χ0v) is 36.4. The Kier molecular flexibility index (Phi) is 17.1. The lowest BCUT2D eigenvalue weighted by Gasteiger charge is -2.32. The molecule has 14 heteroatoms. The largest absolute Gasteiger partial charge is 0.472 e. The van der Waals surface area contributed by atoms with Crippen molar-refractivity contribution in [2.45, 2.75) is 159 Å². The molecule has 330 valence electrons. The number of hydrogen-bond donors (Lipinski definition) is 4. The van der Waals surface area contributed by atoms with Gasteiger partial charge in [-0.3, -0.25) is 9.05 Å². The second-order valence-electron chi connectivity index (χ2n) is 16.8. The van der Waals surface area contributed by atoms with E-state index in [1.807, 2.05) is 42.5 Å². The lowest BCUT2D eigenvalue weighted by atomic mass is 9.91. The number of benzene rings is 2. The summed E-state index contributed by atoms with van der Waals surface area (Å²) in [7, 11) is -4.75. The second kappa shape index (κ2) is 22.2. The number of rotatable bonds is 29. The number of unbranched alkanes of at least 4 members (excludes halogenated alkanes) is 15. The molecule has 0 radical (unpaired) electrons. The first-order valence-electron chi connectivity index (χ1n) is 22.2. The van der Waals surface area contributed by atoms with Gasteiger partial charge < -0.3 is 35.1 Å². The highest BCUT2D eigenvalue weighted by molar-refractivity contribution is 7.47. The number of hydrogen-bond acceptors (Lipinski definition) is 11. The molecule has 60 heavy (non-hydrogen) atoms. The molecule has 1 saturated carbocycles. The highest BCUT2D eigenvalue weighted by Gasteiger charge is 2.82. The van der Waals surface area contributed by atoms with Gasteiger partial charge in [0, 0.05) is 6.61 Å². The maximum absolute atomic E-state index is 13.3. The van der Waals surface area contributed by atoms with Crippen molar-refractivity contribution >= 4 is 19.2 Å². The van der Waals surface area contributed by atoms with E-state index in [0.29, 0.717) is 17.8 Å². The van der Waals surface area contributed by atoms with E-state index in [0.717, 1.165) is 29.5 Å². The van der Waals surface area contributed by atoms with Crippen molar-refractivity contribution in [3.63, 3.8) is 0 Å². The first-order chi connectivity index (χ1) is 29.1. The molecule has 0 bridgehead atoms. The van der Waals surface area contributed by atoms with Gasteiger partial charge in [0.25, 0.3) is 0 Å². The van der Waals surface area contributed by atoms with Crippen molar-refractivity contribution in [3.05, 3.63) is 84.3 Å². The summed E-state index contributed by atoms with van der Waals surface area (Å²) in [6, 6.07) is 21.5. The average molecular weight is 851 g/mol. The van der Waals surface area contributed by atoms with Crippen molar-refractivity contribution < 1.29 is 42.9 Å². The van der Waals surface area contributed by atoms with Crippen LogP contribution in [0.4, 0.5) is 5.82 Å². The molecule has 1 saturated heterocycles. The molecule has 6 rings (SSSR count). The number of fused-ring (bicyclic) bond motifs is 2. The first kappa shape index (κ1) is 46.3. The fourth-order valence-electron chi connectivity index (χ4n) is 8.34. The van der Waals surface area contributed by atoms with Crippen molar-refractivity contribution in [1.29, 1.82) is 0 Å². The lowest BCUT2D eigenvalue weighted by molar-refractivity contribution is -0.127. The third-order valence-electron chi connectivity index (χ3n) is 12.1. The van der Waals surface area contributed by atoms with Crippen LogP contribution in [0, 0.1) is 0 Å². The van der Waals surface area contributed by atoms with Gasteiger partial charge in [-0.25, -0.2) is 14.1 Å². The Hall–Kier alpha value is -3.23. The normalized spacial score (nSPS) is 23.8. The van der Waals surface area contributed by atoms with Gasteiger partial charge in [0.2, 0.25) is 0 Å². The van der Waals surface area contributed by atoms with Crippen LogP contribution in [0.2, 0.25) is 0 Å². The molecule has 7 atom stereocenters. The summed E-state index contributed by atoms with van der Waals surface area (Å²) in [6.07, 6.45) is 17.3. The molecular weight excluding hydrogens is 783 g/mol. The number of aromatic nitrogens is 3. The molecule has 0 amide bonds. The van der Waals surface area contributed by atoms with E-state index in [9.17, 15) is 19.7 Å². The quantitative estimate of drug-likeness (QED) is 0.0301. The summed E-state index contributed by atoms with van der Waals surface area (Å²) in [6.45, 7) is 4.49. The van der Waals surface area contributed by atoms with Crippen molar-refractivity contribution in [2.24, 2.45) is 0 Å². The summed E-state index contributed by atoms with van der Waals surface area (Å²) in [5.74, 6) is 0.240. The third kappa shape index (κ3) is 12.0. The summed E-state index contributed by atoms with van der Waals surface area (Å²) in [5, 5.41) is 27.0. The second-order valence-corrected chi connectivity index (χ2v) is 18.2. The summed E-state index contributed by atoms with van der Waals surface area (Å²) in [5.41, 5.74) is 6.65. The number of phosphoric acid groups is 1. The first-order valence-corrected chi connectivity index (χ1v) is 23.7. The van der Waals surface area contributed by atoms with Gasteiger partial charge in [-0.15, -0.1) is 0 Å². The minimum Gasteiger partial charge on any atom is -0.386 e. The molecule has 1 aliphatic carbocycles. The van der Waals surface area contributed by atoms with Crippen LogP contribution < -0.4 is 5.73 Å². The highest BCUT2D eigenvalue weighted by atomic mass is 31.2. The maximum Gasteiger partial charge on any atom is 0.472 e. The van der Waals surface area contributed by atoms with E-state index >= 15 is 0 Å². The average Bonchev–Trinajstić information content (AvgIpc) is 3.49. The Labute approximate surface area is 355 Å². The van der Waals surface area contributed by atoms with E-state index in [-0.39, 0.29) is 25.6 Å². The fraction of sp³-hybridized carbons (Fsp3) is 0.609. The molecule has 5 N–H and O–H groups in total. The summed E-state index contributed by atoms with van der Waals surface area (Å²) < 4.78 is 43.9. The van der Waals surface area contributed by atoms with E-state index in [4.69, 9.17) is 29.0 Å². The molecule has 2 aromatic heterocycles. The SMILES string of the molecule is CCCCCCCCCCCCCCCCCCOC[C@H](COP(=O)(O)OC1[C@H]2O[C@@](C)(c3ccc4c(N)ncnn34)[C@H](O)[C@@]12O)OCc1ccc(-c2ccccc2)cc1. The van der Waals surface area contributed by atoms with Gasteiger partial charge in [-0.1, -0.05) is 158 Å². The van der Waals surface area contributed by atoms with Crippen molar-refractivity contribution in [3.8, 4) is 11.1 Å². The number of nitrogens with two attached hydrogens (primary N) is 1. The molecule has 2 aromatic carbocycles. The van der Waals surface area contributed by atoms with Crippen LogP contribution in [0.5, 0.6) is 0 Å². The van der Waals surface area contributed by atoms with Gasteiger partial charge in [0.15, 0.2) is 11.4 Å². The molecule has 0 spiro atoms. The lowest BCUT2D eigenvalue weighted by Crippen LogP contribution is -2.46. The van der Waals surface area contributed by atoms with Crippen LogP contribution in [-0.4, -0.2) is 79.5 Å². The molecule has 3 heterocycles. The number of phosphoric ester groups is 1. The van der Waals surface area contributed by atoms with Crippen molar-refractivity contribution in [2.75, 3.05) is 25.6 Å². The minimum absolute atomic E-state index is 0.149. The fourth-order valence-corrected chi connectivity index (χ4v) is 9.32. The predicted octanol–water partition coefficient (Wildman–Crippen LogP) is 9.06. The van der Waals surface area contributed by atoms with Crippen LogP contribution >= 0.6 is 7.82 Å². The molecule has 4 aromatic rings. The molecule has 1 aliphatic heterocycles. The van der Waals surface area contributed by atoms with Gasteiger partial charge in [-0.05, 0) is 42.2 Å². The zero-order valence-electron chi connectivity index (χ0n) is 35.5. The molecule has 2 aliphatic rings. The van der Waals surface area contributed by atoms with E-state index in [1.54, 1.807) is 19.1 Å². The van der Waals surface area contributed by atoms with Gasteiger partial charge in [0.1, 0.15) is 41.9 Å². The number of aliphatic hydroxyl groups is 2. The summed E-state index contributed by atoms with van der Waals surface area (Å²) >= 11 is 0. The molecular formula is C46H67N4O9P. The standard InChI is InChI=1S/C46H67N4O9P/c1-3-4-5-6-7-8-9-10-11-12-13-14-15-16-17-21-30-55-32-38(56-31-35-24-26-37(27-25-35)36-22-19-18-20-23-36)33-57-60(53,54)59-42-41-46(42,52)44(51)45(2,58-41)40-29-28-39-43(47)48-34-49-50(39)40/h18-20,22-29,34,38,41-42,44,51-52H,3-17,21,30-33H2,1-2H3,(H,53,54)(H2,47,48,49)/t38-,41-,42?,44+,45+,46+/m1/s1. The zero-order chi connectivity index (χ0) is 42.4. The number of ether oxygens (including phenoxy) is 3. The third-order valence-corrected chi connectivity index (χ3v) is 13.0. The number of anilines is 1. The van der Waals surface area contributed by atoms with E-state index < -0.39 is 43.4 Å². The smallest absolute Gasteiger partial charge is 0.386 e. The molecule has 13 nitrogen and oxygen atoms in total. The minimum atomic E-state index is -4.75.